The number of benzene rings is 1. The number of hydrogen-bond donors (Lipinski definition) is 0. The van der Waals surface area contributed by atoms with Gasteiger partial charge in [-0.2, -0.15) is 0 Å². The van der Waals surface area contributed by atoms with Crippen molar-refractivity contribution in [2.75, 3.05) is 4.90 Å². The summed E-state index contributed by atoms with van der Waals surface area (Å²) in [6.45, 7) is 12.0. The van der Waals surface area contributed by atoms with Crippen LogP contribution in [-0.4, -0.2) is 29.0 Å². The lowest BCUT2D eigenvalue weighted by atomic mass is 10.2. The fourth-order valence-electron chi connectivity index (χ4n) is 2.12. The number of azo groups is 1. The first-order valence-corrected chi connectivity index (χ1v) is 7.93. The third-order valence-corrected chi connectivity index (χ3v) is 3.84. The normalized spacial score (nSPS) is 11.5. The Hall–Kier alpha value is -2.15. The summed E-state index contributed by atoms with van der Waals surface area (Å²) in [5, 5.41) is 18.0. The minimum Gasteiger partial charge on any atom is -0.342 e. The summed E-state index contributed by atoms with van der Waals surface area (Å²) in [7, 11) is 0. The van der Waals surface area contributed by atoms with Crippen LogP contribution in [0.15, 0.2) is 39.5 Å². The molecule has 0 atom stereocenters. The van der Waals surface area contributed by atoms with Crippen LogP contribution >= 0.6 is 11.3 Å². The Kier molecular flexibility index (Phi) is 5.32. The molecule has 7 heteroatoms. The van der Waals surface area contributed by atoms with Crippen molar-refractivity contribution in [3.8, 4) is 0 Å². The van der Waals surface area contributed by atoms with Gasteiger partial charge in [0.15, 0.2) is 0 Å². The summed E-state index contributed by atoms with van der Waals surface area (Å²) >= 11 is 1.44. The standard InChI is InChI=1S/C15H20N6S/c1-10(2)21(11(3)4)15-20-19-14(22-15)18-17-13-8-6-12(16-5)7-9-13/h6-11H,5H2,1-4H3. The molecule has 22 heavy (non-hydrogen) atoms. The van der Waals surface area contributed by atoms with Crippen molar-refractivity contribution >= 4 is 39.7 Å². The van der Waals surface area contributed by atoms with Crippen LogP contribution in [0.2, 0.25) is 0 Å². The van der Waals surface area contributed by atoms with Gasteiger partial charge in [0.1, 0.15) is 0 Å². The Morgan fingerprint density at radius 2 is 1.55 bits per heavy atom. The Morgan fingerprint density at radius 3 is 2.09 bits per heavy atom. The maximum Gasteiger partial charge on any atom is 0.253 e. The van der Waals surface area contributed by atoms with Gasteiger partial charge in [-0.3, -0.25) is 4.99 Å². The Bertz CT molecular complexity index is 636. The zero-order valence-corrected chi connectivity index (χ0v) is 14.1. The fourth-order valence-corrected chi connectivity index (χ4v) is 3.05. The Balaban J connectivity index is 2.13. The lowest BCUT2D eigenvalue weighted by Gasteiger charge is -2.29. The van der Waals surface area contributed by atoms with Crippen LogP contribution in [-0.2, 0) is 0 Å². The van der Waals surface area contributed by atoms with Crippen LogP contribution in [0, 0.1) is 0 Å². The monoisotopic (exact) mass is 316 g/mol. The van der Waals surface area contributed by atoms with E-state index in [9.17, 15) is 0 Å². The molecule has 6 nitrogen and oxygen atoms in total. The van der Waals surface area contributed by atoms with Crippen molar-refractivity contribution in [1.82, 2.24) is 10.2 Å². The van der Waals surface area contributed by atoms with Crippen molar-refractivity contribution in [3.05, 3.63) is 24.3 Å². The van der Waals surface area contributed by atoms with Gasteiger partial charge in [0.05, 0.1) is 11.4 Å². The van der Waals surface area contributed by atoms with Crippen LogP contribution < -0.4 is 4.90 Å². The largest absolute Gasteiger partial charge is 0.342 e. The van der Waals surface area contributed by atoms with Gasteiger partial charge < -0.3 is 4.90 Å². The predicted molar refractivity (Wildman–Crippen MR) is 92.5 cm³/mol. The molecule has 1 heterocycles. The van der Waals surface area contributed by atoms with E-state index in [0.29, 0.717) is 17.2 Å². The van der Waals surface area contributed by atoms with Gasteiger partial charge >= 0.3 is 0 Å². The summed E-state index contributed by atoms with van der Waals surface area (Å²) in [5.41, 5.74) is 1.55. The second-order valence-corrected chi connectivity index (χ2v) is 6.27. The van der Waals surface area contributed by atoms with Crippen molar-refractivity contribution in [1.29, 1.82) is 0 Å². The van der Waals surface area contributed by atoms with E-state index in [2.05, 4.69) is 64.7 Å². The van der Waals surface area contributed by atoms with Crippen molar-refractivity contribution in [2.24, 2.45) is 15.2 Å². The topological polar surface area (TPSA) is 66.1 Å². The van der Waals surface area contributed by atoms with Gasteiger partial charge in [0.25, 0.3) is 5.13 Å². The van der Waals surface area contributed by atoms with Crippen LogP contribution in [0.25, 0.3) is 0 Å². The van der Waals surface area contributed by atoms with E-state index in [0.717, 1.165) is 16.5 Å². The van der Waals surface area contributed by atoms with E-state index in [1.165, 1.54) is 11.3 Å². The summed E-state index contributed by atoms with van der Waals surface area (Å²) in [5.74, 6) is 0. The maximum absolute atomic E-state index is 4.22. The number of anilines is 1. The first-order valence-electron chi connectivity index (χ1n) is 7.11. The molecule has 0 aliphatic heterocycles. The molecule has 0 radical (unpaired) electrons. The van der Waals surface area contributed by atoms with Gasteiger partial charge in [-0.05, 0) is 58.7 Å². The van der Waals surface area contributed by atoms with E-state index in [4.69, 9.17) is 0 Å². The summed E-state index contributed by atoms with van der Waals surface area (Å²) in [6, 6.07) is 8.07. The van der Waals surface area contributed by atoms with Gasteiger partial charge in [0.2, 0.25) is 5.13 Å². The summed E-state index contributed by atoms with van der Waals surface area (Å²) in [4.78, 5) is 6.05. The first kappa shape index (κ1) is 16.2. The van der Waals surface area contributed by atoms with Gasteiger partial charge in [-0.15, -0.1) is 20.4 Å². The smallest absolute Gasteiger partial charge is 0.253 e. The lowest BCUT2D eigenvalue weighted by molar-refractivity contribution is 0.603. The molecule has 0 amide bonds. The summed E-state index contributed by atoms with van der Waals surface area (Å²) < 4.78 is 0. The maximum atomic E-state index is 4.22. The first-order chi connectivity index (χ1) is 10.5. The van der Waals surface area contributed by atoms with Crippen LogP contribution in [0.5, 0.6) is 0 Å². The van der Waals surface area contributed by atoms with Crippen LogP contribution in [0.1, 0.15) is 27.7 Å². The van der Waals surface area contributed by atoms with E-state index in [1.54, 1.807) is 0 Å². The number of hydrogen-bond acceptors (Lipinski definition) is 7. The number of aliphatic imine (C=N–C) groups is 1. The molecule has 116 valence electrons. The van der Waals surface area contributed by atoms with Gasteiger partial charge in [0, 0.05) is 12.1 Å². The molecule has 2 rings (SSSR count). The molecule has 2 aromatic rings. The predicted octanol–water partition coefficient (Wildman–Crippen LogP) is 4.91. The molecule has 1 aromatic heterocycles. The molecule has 0 spiro atoms. The molecule has 0 unspecified atom stereocenters. The third kappa shape index (κ3) is 3.94. The van der Waals surface area contributed by atoms with E-state index in [-0.39, 0.29) is 0 Å². The van der Waals surface area contributed by atoms with Gasteiger partial charge in [-0.25, -0.2) is 0 Å². The zero-order valence-electron chi connectivity index (χ0n) is 13.3. The molecular formula is C15H20N6S. The van der Waals surface area contributed by atoms with Gasteiger partial charge in [-0.1, -0.05) is 11.3 Å². The van der Waals surface area contributed by atoms with Crippen LogP contribution in [0.3, 0.4) is 0 Å². The molecule has 0 saturated carbocycles. The SMILES string of the molecule is C=Nc1ccc(N=Nc2nnc(N(C(C)C)C(C)C)s2)cc1. The van der Waals surface area contributed by atoms with Crippen molar-refractivity contribution in [3.63, 3.8) is 0 Å². The molecule has 0 fully saturated rings. The average Bonchev–Trinajstić information content (AvgIpc) is 2.93. The molecule has 0 aliphatic rings. The highest BCUT2D eigenvalue weighted by Crippen LogP contribution is 2.30. The minimum absolute atomic E-state index is 0.358. The molecule has 0 saturated heterocycles. The van der Waals surface area contributed by atoms with Crippen LogP contribution in [0.4, 0.5) is 21.6 Å². The quantitative estimate of drug-likeness (QED) is 0.562. The van der Waals surface area contributed by atoms with E-state index >= 15 is 0 Å². The zero-order chi connectivity index (χ0) is 16.1. The number of rotatable bonds is 6. The minimum atomic E-state index is 0.358. The lowest BCUT2D eigenvalue weighted by Crippen LogP contribution is -2.36. The van der Waals surface area contributed by atoms with Crippen molar-refractivity contribution in [2.45, 2.75) is 39.8 Å². The number of nitrogens with zero attached hydrogens (tertiary/aromatic N) is 6. The fraction of sp³-hybridized carbons (Fsp3) is 0.400. The Labute approximate surface area is 134 Å². The molecule has 0 aliphatic carbocycles. The highest BCUT2D eigenvalue weighted by Gasteiger charge is 2.18. The van der Waals surface area contributed by atoms with E-state index in [1.807, 2.05) is 24.3 Å². The van der Waals surface area contributed by atoms with Crippen molar-refractivity contribution < 1.29 is 0 Å². The Morgan fingerprint density at radius 1 is 0.955 bits per heavy atom. The highest BCUT2D eigenvalue weighted by atomic mass is 32.1. The third-order valence-electron chi connectivity index (χ3n) is 3.02. The second kappa shape index (κ2) is 7.22. The molecule has 0 N–H and O–H groups in total. The highest BCUT2D eigenvalue weighted by molar-refractivity contribution is 7.18. The number of aromatic nitrogens is 2. The summed E-state index contributed by atoms with van der Waals surface area (Å²) in [6.07, 6.45) is 0. The average molecular weight is 316 g/mol. The molecule has 0 bridgehead atoms. The van der Waals surface area contributed by atoms with E-state index < -0.39 is 0 Å². The molecule has 1 aromatic carbocycles. The second-order valence-electron chi connectivity index (χ2n) is 5.34. The molecular weight excluding hydrogens is 296 g/mol.